The average Bonchev–Trinajstić information content (AvgIpc) is 2.27. The van der Waals surface area contributed by atoms with E-state index >= 15 is 0 Å². The molecule has 8 heteroatoms. The number of non-ortho nitro benzene ring substituents is 1. The summed E-state index contributed by atoms with van der Waals surface area (Å²) < 4.78 is 36.5. The Kier molecular flexibility index (Phi) is 4.36. The van der Waals surface area contributed by atoms with Gasteiger partial charge in [-0.25, -0.2) is 0 Å². The van der Waals surface area contributed by atoms with Crippen LogP contribution in [-0.4, -0.2) is 22.5 Å². The van der Waals surface area contributed by atoms with Gasteiger partial charge in [0.1, 0.15) is 0 Å². The second kappa shape index (κ2) is 5.48. The molecule has 110 valence electrons. The van der Waals surface area contributed by atoms with Crippen molar-refractivity contribution in [1.29, 1.82) is 0 Å². The molecule has 0 heterocycles. The summed E-state index contributed by atoms with van der Waals surface area (Å²) in [4.78, 5) is 20.8. The van der Waals surface area contributed by atoms with E-state index in [2.05, 4.69) is 0 Å². The predicted octanol–water partition coefficient (Wildman–Crippen LogP) is 2.59. The van der Waals surface area contributed by atoms with E-state index < -0.39 is 22.5 Å². The van der Waals surface area contributed by atoms with Crippen LogP contribution in [0.5, 0.6) is 0 Å². The largest absolute Gasteiger partial charge is 0.471 e. The molecule has 0 unspecified atom stereocenters. The number of halogens is 3. The van der Waals surface area contributed by atoms with Crippen molar-refractivity contribution in [3.63, 3.8) is 0 Å². The van der Waals surface area contributed by atoms with Crippen molar-refractivity contribution in [2.45, 2.75) is 32.0 Å². The lowest BCUT2D eigenvalue weighted by Gasteiger charge is -2.26. The van der Waals surface area contributed by atoms with Gasteiger partial charge in [-0.05, 0) is 25.8 Å². The number of hydrogen-bond acceptors (Lipinski definition) is 3. The summed E-state index contributed by atoms with van der Waals surface area (Å²) >= 11 is 0. The fraction of sp³-hybridized carbons (Fsp3) is 0.417. The maximum absolute atomic E-state index is 12.2. The Hall–Kier alpha value is -2.12. The number of hydrogen-bond donors (Lipinski definition) is 1. The van der Waals surface area contributed by atoms with Gasteiger partial charge in [-0.3, -0.25) is 14.9 Å². The van der Waals surface area contributed by atoms with Crippen LogP contribution < -0.4 is 5.32 Å². The van der Waals surface area contributed by atoms with Crippen molar-refractivity contribution in [3.05, 3.63) is 39.9 Å². The molecule has 0 aliphatic carbocycles. The lowest BCUT2D eigenvalue weighted by atomic mass is 9.94. The number of nitro benzene ring substituents is 1. The average molecular weight is 290 g/mol. The summed E-state index contributed by atoms with van der Waals surface area (Å²) in [6, 6.07) is 5.41. The molecule has 5 nitrogen and oxygen atoms in total. The van der Waals surface area contributed by atoms with Gasteiger partial charge in [0.2, 0.25) is 0 Å². The van der Waals surface area contributed by atoms with Crippen molar-refractivity contribution < 1.29 is 22.9 Å². The molecule has 0 bridgehead atoms. The van der Waals surface area contributed by atoms with Gasteiger partial charge in [0, 0.05) is 17.7 Å². The van der Waals surface area contributed by atoms with Crippen LogP contribution in [0.2, 0.25) is 0 Å². The molecule has 0 saturated heterocycles. The number of benzene rings is 1. The number of nitro groups is 1. The van der Waals surface area contributed by atoms with Crippen molar-refractivity contribution >= 4 is 11.6 Å². The molecule has 1 aromatic rings. The standard InChI is InChI=1S/C12H13F3N2O3/c1-11(2,16-10(18)12(13,14)15)7-8-3-5-9(6-4-8)17(19)20/h3-6H,7H2,1-2H3,(H,16,18). The summed E-state index contributed by atoms with van der Waals surface area (Å²) in [5.74, 6) is -2.01. The Morgan fingerprint density at radius 3 is 2.15 bits per heavy atom. The molecule has 1 aromatic carbocycles. The molecular formula is C12H13F3N2O3. The summed E-state index contributed by atoms with van der Waals surface area (Å²) in [6.45, 7) is 2.89. The molecule has 1 rings (SSSR count). The number of rotatable bonds is 4. The lowest BCUT2D eigenvalue weighted by molar-refractivity contribution is -0.384. The van der Waals surface area contributed by atoms with E-state index in [0.29, 0.717) is 5.56 Å². The number of amides is 1. The Morgan fingerprint density at radius 1 is 1.25 bits per heavy atom. The van der Waals surface area contributed by atoms with Crippen LogP contribution in [0.1, 0.15) is 19.4 Å². The van der Waals surface area contributed by atoms with Gasteiger partial charge in [0.05, 0.1) is 4.92 Å². The first-order valence-electron chi connectivity index (χ1n) is 5.64. The highest BCUT2D eigenvalue weighted by molar-refractivity contribution is 5.82. The quantitative estimate of drug-likeness (QED) is 0.684. The van der Waals surface area contributed by atoms with Crippen molar-refractivity contribution in [2.24, 2.45) is 0 Å². The summed E-state index contributed by atoms with van der Waals surface area (Å²) in [5.41, 5.74) is -0.642. The molecule has 1 amide bonds. The topological polar surface area (TPSA) is 72.2 Å². The third kappa shape index (κ3) is 4.52. The van der Waals surface area contributed by atoms with E-state index in [9.17, 15) is 28.1 Å². The number of nitrogens with one attached hydrogen (secondary N) is 1. The Balaban J connectivity index is 2.75. The van der Waals surface area contributed by atoms with Crippen LogP contribution in [0.3, 0.4) is 0 Å². The Labute approximate surface area is 112 Å². The zero-order valence-electron chi connectivity index (χ0n) is 10.8. The molecule has 20 heavy (non-hydrogen) atoms. The van der Waals surface area contributed by atoms with Gasteiger partial charge in [-0.2, -0.15) is 13.2 Å². The third-order valence-electron chi connectivity index (χ3n) is 2.50. The Bertz CT molecular complexity index is 510. The number of nitrogens with zero attached hydrogens (tertiary/aromatic N) is 1. The van der Waals surface area contributed by atoms with Crippen molar-refractivity contribution in [1.82, 2.24) is 5.32 Å². The SMILES string of the molecule is CC(C)(Cc1ccc([N+](=O)[O-])cc1)NC(=O)C(F)(F)F. The van der Waals surface area contributed by atoms with Gasteiger partial charge in [0.15, 0.2) is 0 Å². The van der Waals surface area contributed by atoms with E-state index in [4.69, 9.17) is 0 Å². The molecule has 0 aliphatic heterocycles. The summed E-state index contributed by atoms with van der Waals surface area (Å²) in [5, 5.41) is 12.4. The normalized spacial score (nSPS) is 12.1. The molecule has 0 spiro atoms. The monoisotopic (exact) mass is 290 g/mol. The Morgan fingerprint density at radius 2 is 1.75 bits per heavy atom. The minimum Gasteiger partial charge on any atom is -0.343 e. The third-order valence-corrected chi connectivity index (χ3v) is 2.50. The van der Waals surface area contributed by atoms with Crippen LogP contribution in [0.4, 0.5) is 18.9 Å². The van der Waals surface area contributed by atoms with Crippen LogP contribution in [0.15, 0.2) is 24.3 Å². The molecule has 0 fully saturated rings. The molecule has 0 aliphatic rings. The van der Waals surface area contributed by atoms with Gasteiger partial charge < -0.3 is 5.32 Å². The first-order valence-corrected chi connectivity index (χ1v) is 5.64. The van der Waals surface area contributed by atoms with E-state index in [1.807, 2.05) is 5.32 Å². The van der Waals surface area contributed by atoms with Crippen LogP contribution in [-0.2, 0) is 11.2 Å². The van der Waals surface area contributed by atoms with E-state index in [1.165, 1.54) is 38.1 Å². The van der Waals surface area contributed by atoms with E-state index in [0.717, 1.165) is 0 Å². The zero-order chi connectivity index (χ0) is 15.6. The summed E-state index contributed by atoms with van der Waals surface area (Å²) in [6.07, 6.45) is -4.82. The minimum absolute atomic E-state index is 0.106. The maximum Gasteiger partial charge on any atom is 0.471 e. The second-order valence-corrected chi connectivity index (χ2v) is 4.94. The van der Waals surface area contributed by atoms with Crippen LogP contribution in [0.25, 0.3) is 0 Å². The minimum atomic E-state index is -4.94. The van der Waals surface area contributed by atoms with Crippen LogP contribution in [0, 0.1) is 10.1 Å². The van der Waals surface area contributed by atoms with Gasteiger partial charge in [-0.15, -0.1) is 0 Å². The predicted molar refractivity (Wildman–Crippen MR) is 65.1 cm³/mol. The first kappa shape index (κ1) is 15.9. The van der Waals surface area contributed by atoms with Crippen molar-refractivity contribution in [3.8, 4) is 0 Å². The van der Waals surface area contributed by atoms with Crippen molar-refractivity contribution in [2.75, 3.05) is 0 Å². The van der Waals surface area contributed by atoms with Gasteiger partial charge in [0.25, 0.3) is 5.69 Å². The van der Waals surface area contributed by atoms with Gasteiger partial charge >= 0.3 is 12.1 Å². The van der Waals surface area contributed by atoms with E-state index in [-0.39, 0.29) is 12.1 Å². The van der Waals surface area contributed by atoms with Crippen LogP contribution >= 0.6 is 0 Å². The molecule has 0 atom stereocenters. The fourth-order valence-electron chi connectivity index (χ4n) is 1.67. The zero-order valence-corrected chi connectivity index (χ0v) is 10.8. The van der Waals surface area contributed by atoms with Gasteiger partial charge in [-0.1, -0.05) is 12.1 Å². The second-order valence-electron chi connectivity index (χ2n) is 4.94. The molecule has 0 radical (unpaired) electrons. The lowest BCUT2D eigenvalue weighted by Crippen LogP contribution is -2.50. The molecular weight excluding hydrogens is 277 g/mol. The van der Waals surface area contributed by atoms with E-state index in [1.54, 1.807) is 0 Å². The molecule has 1 N–H and O–H groups in total. The highest BCUT2D eigenvalue weighted by Crippen LogP contribution is 2.20. The maximum atomic E-state index is 12.2. The smallest absolute Gasteiger partial charge is 0.343 e. The first-order chi connectivity index (χ1) is 9.01. The number of alkyl halides is 3. The fourth-order valence-corrected chi connectivity index (χ4v) is 1.67. The summed E-state index contributed by atoms with van der Waals surface area (Å²) in [7, 11) is 0. The molecule has 0 saturated carbocycles. The number of carbonyl (C=O) groups excluding carboxylic acids is 1. The number of carbonyl (C=O) groups is 1. The molecule has 0 aromatic heterocycles. The highest BCUT2D eigenvalue weighted by atomic mass is 19.4. The highest BCUT2D eigenvalue weighted by Gasteiger charge is 2.41.